The number of hydrogen-bond acceptors (Lipinski definition) is 5. The Morgan fingerprint density at radius 1 is 1.68 bits per heavy atom. The summed E-state index contributed by atoms with van der Waals surface area (Å²) >= 11 is 1.50. The molecule has 106 valence electrons. The Balaban J connectivity index is 1.68. The molecule has 2 rings (SSSR count). The third kappa shape index (κ3) is 4.56. The maximum absolute atomic E-state index is 11.7. The highest BCUT2D eigenvalue weighted by molar-refractivity contribution is 7.15. The molecule has 0 aliphatic carbocycles. The zero-order valence-corrected chi connectivity index (χ0v) is 12.2. The van der Waals surface area contributed by atoms with Crippen molar-refractivity contribution in [1.29, 1.82) is 0 Å². The number of nitrogens with one attached hydrogen (secondary N) is 1. The smallest absolute Gasteiger partial charge is 0.252 e. The van der Waals surface area contributed by atoms with E-state index in [0.29, 0.717) is 17.7 Å². The molecular formula is C13H20N2O3S. The van der Waals surface area contributed by atoms with Gasteiger partial charge in [0.05, 0.1) is 12.7 Å². The molecule has 0 bridgehead atoms. The van der Waals surface area contributed by atoms with E-state index in [-0.39, 0.29) is 18.6 Å². The van der Waals surface area contributed by atoms with Gasteiger partial charge in [0.15, 0.2) is 5.13 Å². The highest BCUT2D eigenvalue weighted by atomic mass is 32.1. The van der Waals surface area contributed by atoms with Gasteiger partial charge in [0.2, 0.25) is 0 Å². The van der Waals surface area contributed by atoms with E-state index in [1.54, 1.807) is 6.20 Å². The molecule has 5 nitrogen and oxygen atoms in total. The van der Waals surface area contributed by atoms with Crippen LogP contribution in [0.4, 0.5) is 5.13 Å². The quantitative estimate of drug-likeness (QED) is 0.871. The molecular weight excluding hydrogens is 264 g/mol. The molecule has 1 atom stereocenters. The van der Waals surface area contributed by atoms with Crippen LogP contribution in [0, 0.1) is 0 Å². The third-order valence-corrected chi connectivity index (χ3v) is 4.11. The van der Waals surface area contributed by atoms with Crippen LogP contribution in [0.15, 0.2) is 6.20 Å². The minimum atomic E-state index is -0.164. The summed E-state index contributed by atoms with van der Waals surface area (Å²) < 4.78 is 10.8. The Labute approximate surface area is 117 Å². The van der Waals surface area contributed by atoms with Gasteiger partial charge in [-0.25, -0.2) is 4.98 Å². The molecule has 1 fully saturated rings. The fourth-order valence-electron chi connectivity index (χ4n) is 1.83. The predicted molar refractivity (Wildman–Crippen MR) is 74.6 cm³/mol. The number of rotatable bonds is 6. The minimum absolute atomic E-state index is 0.0520. The van der Waals surface area contributed by atoms with E-state index in [2.05, 4.69) is 24.1 Å². The van der Waals surface area contributed by atoms with Gasteiger partial charge < -0.3 is 9.47 Å². The van der Waals surface area contributed by atoms with E-state index in [1.807, 2.05) is 0 Å². The van der Waals surface area contributed by atoms with Crippen LogP contribution in [0.25, 0.3) is 0 Å². The SMILES string of the molecule is CC(C)c1cnc(NC(=O)COC[C@@H]2CCCO2)s1. The molecule has 19 heavy (non-hydrogen) atoms. The van der Waals surface area contributed by atoms with Crippen molar-refractivity contribution in [3.8, 4) is 0 Å². The molecule has 1 aliphatic rings. The van der Waals surface area contributed by atoms with Crippen molar-refractivity contribution in [3.05, 3.63) is 11.1 Å². The summed E-state index contributed by atoms with van der Waals surface area (Å²) in [4.78, 5) is 17.0. The second-order valence-electron chi connectivity index (χ2n) is 4.92. The fourth-order valence-corrected chi connectivity index (χ4v) is 2.66. The van der Waals surface area contributed by atoms with Crippen LogP contribution in [0.5, 0.6) is 0 Å². The number of carbonyl (C=O) groups is 1. The number of thiazole rings is 1. The Bertz CT molecular complexity index is 414. The lowest BCUT2D eigenvalue weighted by Gasteiger charge is -2.09. The molecule has 1 aromatic rings. The van der Waals surface area contributed by atoms with Gasteiger partial charge >= 0.3 is 0 Å². The summed E-state index contributed by atoms with van der Waals surface area (Å²) in [6.45, 7) is 5.55. The van der Waals surface area contributed by atoms with Gasteiger partial charge in [0.25, 0.3) is 5.91 Å². The van der Waals surface area contributed by atoms with Crippen molar-refractivity contribution in [1.82, 2.24) is 4.98 Å². The first-order valence-electron chi connectivity index (χ1n) is 6.60. The highest BCUT2D eigenvalue weighted by Gasteiger charge is 2.16. The Kier molecular flexibility index (Phi) is 5.30. The summed E-state index contributed by atoms with van der Waals surface area (Å²) in [7, 11) is 0. The standard InChI is InChI=1S/C13H20N2O3S/c1-9(2)11-6-14-13(19-11)15-12(16)8-17-7-10-4-3-5-18-10/h6,9-10H,3-5,7-8H2,1-2H3,(H,14,15,16)/t10-/m0/s1. The number of anilines is 1. The fraction of sp³-hybridized carbons (Fsp3) is 0.692. The van der Waals surface area contributed by atoms with E-state index in [9.17, 15) is 4.79 Å². The molecule has 1 aromatic heterocycles. The molecule has 2 heterocycles. The van der Waals surface area contributed by atoms with E-state index < -0.39 is 0 Å². The summed E-state index contributed by atoms with van der Waals surface area (Å²) in [5.74, 6) is 0.265. The highest BCUT2D eigenvalue weighted by Crippen LogP contribution is 2.24. The van der Waals surface area contributed by atoms with Crippen LogP contribution >= 0.6 is 11.3 Å². The lowest BCUT2D eigenvalue weighted by molar-refractivity contribution is -0.121. The minimum Gasteiger partial charge on any atom is -0.376 e. The van der Waals surface area contributed by atoms with Crippen LogP contribution < -0.4 is 5.32 Å². The van der Waals surface area contributed by atoms with E-state index in [0.717, 1.165) is 24.3 Å². The van der Waals surface area contributed by atoms with Gasteiger partial charge in [-0.2, -0.15) is 0 Å². The zero-order valence-electron chi connectivity index (χ0n) is 11.3. The first-order valence-corrected chi connectivity index (χ1v) is 7.41. The van der Waals surface area contributed by atoms with Gasteiger partial charge in [-0.15, -0.1) is 11.3 Å². The van der Waals surface area contributed by atoms with Crippen molar-refractivity contribution >= 4 is 22.4 Å². The normalized spacial score (nSPS) is 19.0. The molecule has 0 aromatic carbocycles. The molecule has 0 saturated carbocycles. The third-order valence-electron chi connectivity index (χ3n) is 2.90. The topological polar surface area (TPSA) is 60.5 Å². The van der Waals surface area contributed by atoms with Gasteiger partial charge in [-0.05, 0) is 18.8 Å². The maximum Gasteiger partial charge on any atom is 0.252 e. The second-order valence-corrected chi connectivity index (χ2v) is 5.98. The maximum atomic E-state index is 11.7. The largest absolute Gasteiger partial charge is 0.376 e. The molecule has 6 heteroatoms. The molecule has 1 aliphatic heterocycles. The van der Waals surface area contributed by atoms with E-state index >= 15 is 0 Å². The van der Waals surface area contributed by atoms with Crippen molar-refractivity contribution in [2.75, 3.05) is 25.1 Å². The number of aromatic nitrogens is 1. The molecule has 0 unspecified atom stereocenters. The number of hydrogen-bond donors (Lipinski definition) is 1. The van der Waals surface area contributed by atoms with Crippen molar-refractivity contribution in [2.45, 2.75) is 38.7 Å². The molecule has 0 spiro atoms. The number of carbonyl (C=O) groups excluding carboxylic acids is 1. The predicted octanol–water partition coefficient (Wildman–Crippen LogP) is 2.40. The summed E-state index contributed by atoms with van der Waals surface area (Å²) in [6.07, 6.45) is 4.06. The molecule has 1 N–H and O–H groups in total. The molecule has 1 saturated heterocycles. The van der Waals surface area contributed by atoms with E-state index in [1.165, 1.54) is 11.3 Å². The second kappa shape index (κ2) is 6.98. The van der Waals surface area contributed by atoms with Crippen LogP contribution in [-0.4, -0.2) is 36.8 Å². The van der Waals surface area contributed by atoms with Crippen LogP contribution in [0.2, 0.25) is 0 Å². The summed E-state index contributed by atoms with van der Waals surface area (Å²) in [6, 6.07) is 0. The van der Waals surface area contributed by atoms with Crippen molar-refractivity contribution < 1.29 is 14.3 Å². The zero-order chi connectivity index (χ0) is 13.7. The van der Waals surface area contributed by atoms with Crippen molar-refractivity contribution in [2.24, 2.45) is 0 Å². The van der Waals surface area contributed by atoms with E-state index in [4.69, 9.17) is 9.47 Å². The molecule has 1 amide bonds. The first kappa shape index (κ1) is 14.4. The number of amides is 1. The van der Waals surface area contributed by atoms with Crippen LogP contribution in [-0.2, 0) is 14.3 Å². The summed E-state index contributed by atoms with van der Waals surface area (Å²) in [5, 5.41) is 3.38. The molecule has 0 radical (unpaired) electrons. The number of ether oxygens (including phenoxy) is 2. The van der Waals surface area contributed by atoms with Gasteiger partial charge in [-0.3, -0.25) is 10.1 Å². The Morgan fingerprint density at radius 3 is 3.16 bits per heavy atom. The summed E-state index contributed by atoms with van der Waals surface area (Å²) in [5.41, 5.74) is 0. The lowest BCUT2D eigenvalue weighted by atomic mass is 10.2. The lowest BCUT2D eigenvalue weighted by Crippen LogP contribution is -2.22. The van der Waals surface area contributed by atoms with Gasteiger partial charge in [-0.1, -0.05) is 13.8 Å². The number of nitrogens with zero attached hydrogens (tertiary/aromatic N) is 1. The van der Waals surface area contributed by atoms with Crippen LogP contribution in [0.3, 0.4) is 0 Å². The average Bonchev–Trinajstić information content (AvgIpc) is 3.00. The van der Waals surface area contributed by atoms with Crippen molar-refractivity contribution in [3.63, 3.8) is 0 Å². The average molecular weight is 284 g/mol. The monoisotopic (exact) mass is 284 g/mol. The van der Waals surface area contributed by atoms with Gasteiger partial charge in [0, 0.05) is 17.7 Å². The van der Waals surface area contributed by atoms with Crippen LogP contribution in [0.1, 0.15) is 37.5 Å². The Hall–Kier alpha value is -0.980. The van der Waals surface area contributed by atoms with Gasteiger partial charge in [0.1, 0.15) is 6.61 Å². The first-order chi connectivity index (χ1) is 9.15. The Morgan fingerprint density at radius 2 is 2.53 bits per heavy atom.